The summed E-state index contributed by atoms with van der Waals surface area (Å²) < 4.78 is 26.0. The van der Waals surface area contributed by atoms with Gasteiger partial charge in [0.15, 0.2) is 24.6 Å². The highest BCUT2D eigenvalue weighted by Crippen LogP contribution is 2.28. The number of ether oxygens (including phenoxy) is 5. The highest BCUT2D eigenvalue weighted by molar-refractivity contribution is 5.68. The molecule has 0 spiro atoms. The van der Waals surface area contributed by atoms with E-state index in [1.54, 1.807) is 6.92 Å². The summed E-state index contributed by atoms with van der Waals surface area (Å²) in [5, 5.41) is 0. The zero-order chi connectivity index (χ0) is 16.2. The van der Waals surface area contributed by atoms with Crippen LogP contribution in [0.15, 0.2) is 0 Å². The SMILES string of the molecule is COC1O[C@@H](C)C(OC(C)=O)[C@@H](OC(C)=O)[C@H]1OC(C)=O. The van der Waals surface area contributed by atoms with Crippen LogP contribution in [0.4, 0.5) is 0 Å². The first-order valence-corrected chi connectivity index (χ1v) is 6.46. The van der Waals surface area contributed by atoms with Crippen LogP contribution in [0.5, 0.6) is 0 Å². The molecule has 0 aromatic rings. The molecule has 8 nitrogen and oxygen atoms in total. The Balaban J connectivity index is 3.08. The molecule has 0 radical (unpaired) electrons. The van der Waals surface area contributed by atoms with Gasteiger partial charge < -0.3 is 23.7 Å². The van der Waals surface area contributed by atoms with Crippen molar-refractivity contribution >= 4 is 17.9 Å². The van der Waals surface area contributed by atoms with Crippen molar-refractivity contribution < 1.29 is 38.1 Å². The fraction of sp³-hybridized carbons (Fsp3) is 0.769. The molecule has 0 N–H and O–H groups in total. The second-order valence-electron chi connectivity index (χ2n) is 4.67. The van der Waals surface area contributed by atoms with Gasteiger partial charge in [0, 0.05) is 27.9 Å². The second kappa shape index (κ2) is 7.37. The number of esters is 3. The fourth-order valence-electron chi connectivity index (χ4n) is 2.16. The van der Waals surface area contributed by atoms with Crippen LogP contribution in [0.3, 0.4) is 0 Å². The van der Waals surface area contributed by atoms with Crippen LogP contribution in [-0.2, 0) is 38.1 Å². The first-order valence-electron chi connectivity index (χ1n) is 6.46. The molecule has 1 heterocycles. The molecule has 5 atom stereocenters. The summed E-state index contributed by atoms with van der Waals surface area (Å²) in [6, 6.07) is 0. The number of hydrogen-bond donors (Lipinski definition) is 0. The average molecular weight is 304 g/mol. The van der Waals surface area contributed by atoms with Crippen LogP contribution in [-0.4, -0.2) is 55.7 Å². The van der Waals surface area contributed by atoms with E-state index in [0.717, 1.165) is 0 Å². The first-order chi connectivity index (χ1) is 9.76. The zero-order valence-electron chi connectivity index (χ0n) is 12.7. The Kier molecular flexibility index (Phi) is 6.10. The van der Waals surface area contributed by atoms with E-state index >= 15 is 0 Å². The van der Waals surface area contributed by atoms with Crippen molar-refractivity contribution in [3.63, 3.8) is 0 Å². The second-order valence-corrected chi connectivity index (χ2v) is 4.67. The van der Waals surface area contributed by atoms with E-state index < -0.39 is 48.6 Å². The molecule has 0 aromatic carbocycles. The molecule has 1 rings (SSSR count). The Morgan fingerprint density at radius 2 is 1.24 bits per heavy atom. The van der Waals surface area contributed by atoms with Crippen LogP contribution in [0, 0.1) is 0 Å². The molecule has 0 amide bonds. The number of methoxy groups -OCH3 is 1. The molecular formula is C13H20O8. The summed E-state index contributed by atoms with van der Waals surface area (Å²) in [7, 11) is 1.37. The van der Waals surface area contributed by atoms with Gasteiger partial charge in [-0.25, -0.2) is 0 Å². The van der Waals surface area contributed by atoms with Crippen molar-refractivity contribution in [3.05, 3.63) is 0 Å². The molecule has 120 valence electrons. The number of hydrogen-bond acceptors (Lipinski definition) is 8. The maximum Gasteiger partial charge on any atom is 0.303 e. The van der Waals surface area contributed by atoms with E-state index in [1.807, 2.05) is 0 Å². The molecule has 21 heavy (non-hydrogen) atoms. The van der Waals surface area contributed by atoms with E-state index in [0.29, 0.717) is 0 Å². The van der Waals surface area contributed by atoms with E-state index in [-0.39, 0.29) is 0 Å². The normalized spacial score (nSPS) is 32.1. The Morgan fingerprint density at radius 1 is 0.810 bits per heavy atom. The van der Waals surface area contributed by atoms with Crippen LogP contribution < -0.4 is 0 Å². The number of rotatable bonds is 4. The lowest BCUT2D eigenvalue weighted by atomic mass is 9.99. The molecular weight excluding hydrogens is 284 g/mol. The number of carbonyl (C=O) groups excluding carboxylic acids is 3. The lowest BCUT2D eigenvalue weighted by Crippen LogP contribution is -2.60. The van der Waals surface area contributed by atoms with Crippen molar-refractivity contribution in [1.82, 2.24) is 0 Å². The maximum absolute atomic E-state index is 11.3. The zero-order valence-corrected chi connectivity index (χ0v) is 12.7. The third-order valence-electron chi connectivity index (χ3n) is 2.87. The van der Waals surface area contributed by atoms with Crippen LogP contribution >= 0.6 is 0 Å². The summed E-state index contributed by atoms with van der Waals surface area (Å²) in [5.74, 6) is -1.76. The molecule has 0 saturated carbocycles. The lowest BCUT2D eigenvalue weighted by Gasteiger charge is -2.42. The molecule has 0 aliphatic carbocycles. The predicted molar refractivity (Wildman–Crippen MR) is 68.0 cm³/mol. The Morgan fingerprint density at radius 3 is 1.67 bits per heavy atom. The Labute approximate surface area is 122 Å². The molecule has 0 bridgehead atoms. The van der Waals surface area contributed by atoms with Gasteiger partial charge in [0.05, 0.1) is 6.10 Å². The average Bonchev–Trinajstić information content (AvgIpc) is 2.35. The van der Waals surface area contributed by atoms with E-state index in [1.165, 1.54) is 27.9 Å². The van der Waals surface area contributed by atoms with Gasteiger partial charge in [0.25, 0.3) is 0 Å². The minimum Gasteiger partial charge on any atom is -0.456 e. The smallest absolute Gasteiger partial charge is 0.303 e. The van der Waals surface area contributed by atoms with Gasteiger partial charge in [-0.3, -0.25) is 14.4 Å². The first kappa shape index (κ1) is 17.4. The summed E-state index contributed by atoms with van der Waals surface area (Å²) >= 11 is 0. The Hall–Kier alpha value is -1.67. The molecule has 1 aliphatic rings. The van der Waals surface area contributed by atoms with Crippen molar-refractivity contribution in [2.45, 2.75) is 58.4 Å². The summed E-state index contributed by atoms with van der Waals surface area (Å²) in [6.45, 7) is 5.27. The van der Waals surface area contributed by atoms with Crippen molar-refractivity contribution in [2.75, 3.05) is 7.11 Å². The highest BCUT2D eigenvalue weighted by atomic mass is 16.7. The van der Waals surface area contributed by atoms with Gasteiger partial charge in [-0.15, -0.1) is 0 Å². The van der Waals surface area contributed by atoms with Gasteiger partial charge in [-0.1, -0.05) is 0 Å². The lowest BCUT2D eigenvalue weighted by molar-refractivity contribution is -0.294. The molecule has 0 aromatic heterocycles. The maximum atomic E-state index is 11.3. The van der Waals surface area contributed by atoms with Crippen molar-refractivity contribution in [1.29, 1.82) is 0 Å². The predicted octanol–water partition coefficient (Wildman–Crippen LogP) is 0.173. The summed E-state index contributed by atoms with van der Waals surface area (Å²) in [5.41, 5.74) is 0. The van der Waals surface area contributed by atoms with Gasteiger partial charge >= 0.3 is 17.9 Å². The van der Waals surface area contributed by atoms with Crippen LogP contribution in [0.2, 0.25) is 0 Å². The van der Waals surface area contributed by atoms with Gasteiger partial charge in [-0.05, 0) is 6.92 Å². The largest absolute Gasteiger partial charge is 0.456 e. The van der Waals surface area contributed by atoms with E-state index in [9.17, 15) is 14.4 Å². The van der Waals surface area contributed by atoms with E-state index in [4.69, 9.17) is 23.7 Å². The standard InChI is InChI=1S/C13H20O8/c1-6-10(19-7(2)14)11(20-8(3)15)12(21-9(4)16)13(17-5)18-6/h6,10-13H,1-5H3/t6-,10?,11+,12+,13?/m0/s1. The monoisotopic (exact) mass is 304 g/mol. The van der Waals surface area contributed by atoms with Crippen LogP contribution in [0.25, 0.3) is 0 Å². The third kappa shape index (κ3) is 4.68. The molecule has 1 aliphatic heterocycles. The topological polar surface area (TPSA) is 97.4 Å². The van der Waals surface area contributed by atoms with Gasteiger partial charge in [0.2, 0.25) is 0 Å². The highest BCUT2D eigenvalue weighted by Gasteiger charge is 2.50. The van der Waals surface area contributed by atoms with Gasteiger partial charge in [0.1, 0.15) is 0 Å². The molecule has 1 saturated heterocycles. The summed E-state index contributed by atoms with van der Waals surface area (Å²) in [6.07, 6.45) is -4.47. The van der Waals surface area contributed by atoms with Crippen LogP contribution in [0.1, 0.15) is 27.7 Å². The third-order valence-corrected chi connectivity index (χ3v) is 2.87. The summed E-state index contributed by atoms with van der Waals surface area (Å²) in [4.78, 5) is 33.7. The minimum atomic E-state index is -1.03. The minimum absolute atomic E-state index is 0.565. The van der Waals surface area contributed by atoms with Gasteiger partial charge in [-0.2, -0.15) is 0 Å². The van der Waals surface area contributed by atoms with Crippen molar-refractivity contribution in [3.8, 4) is 0 Å². The quantitative estimate of drug-likeness (QED) is 0.535. The van der Waals surface area contributed by atoms with E-state index in [2.05, 4.69) is 0 Å². The molecule has 1 fully saturated rings. The molecule has 8 heteroatoms. The number of carbonyl (C=O) groups is 3. The van der Waals surface area contributed by atoms with Crippen molar-refractivity contribution in [2.24, 2.45) is 0 Å². The Bertz CT molecular complexity index is 407. The molecule has 2 unspecified atom stereocenters. The fourth-order valence-corrected chi connectivity index (χ4v) is 2.16.